The van der Waals surface area contributed by atoms with E-state index in [0.29, 0.717) is 10.8 Å². The van der Waals surface area contributed by atoms with Gasteiger partial charge in [-0.25, -0.2) is 5.09 Å². The number of benzene rings is 2. The molecule has 0 spiro atoms. The highest BCUT2D eigenvalue weighted by molar-refractivity contribution is 7.61. The quantitative estimate of drug-likeness (QED) is 0.773. The first-order valence-electron chi connectivity index (χ1n) is 7.12. The first kappa shape index (κ1) is 15.4. The molecule has 0 fully saturated rings. The molecule has 0 saturated heterocycles. The van der Waals surface area contributed by atoms with Gasteiger partial charge in [0.1, 0.15) is 5.75 Å². The largest absolute Gasteiger partial charge is 0.429 e. The summed E-state index contributed by atoms with van der Waals surface area (Å²) in [6.07, 6.45) is 0. The lowest BCUT2D eigenvalue weighted by molar-refractivity contribution is 0.467. The smallest absolute Gasteiger partial charge is 0.340 e. The van der Waals surface area contributed by atoms with Gasteiger partial charge in [0.05, 0.1) is 0 Å². The number of hydrogen-bond acceptors (Lipinski definition) is 2. The molecule has 1 aliphatic heterocycles. The molecular weight excluding hydrogens is 317 g/mol. The highest BCUT2D eigenvalue weighted by Crippen LogP contribution is 2.54. The molecule has 0 saturated carbocycles. The van der Waals surface area contributed by atoms with E-state index in [1.165, 1.54) is 0 Å². The maximum absolute atomic E-state index is 13.0. The maximum Gasteiger partial charge on any atom is 0.340 e. The molecule has 1 aliphatic rings. The summed E-state index contributed by atoms with van der Waals surface area (Å²) in [5.41, 5.74) is 2.72. The Kier molecular flexibility index (Phi) is 4.14. The summed E-state index contributed by atoms with van der Waals surface area (Å²) in [6.45, 7) is 3.88. The van der Waals surface area contributed by atoms with Crippen LogP contribution in [-0.2, 0) is 4.57 Å². The molecule has 22 heavy (non-hydrogen) atoms. The SMILES string of the molecule is CC(C)NP1(=O)C=C(c2ccccc2)c2cc(Cl)ccc2O1. The van der Waals surface area contributed by atoms with E-state index in [9.17, 15) is 4.57 Å². The van der Waals surface area contributed by atoms with E-state index in [4.69, 9.17) is 16.1 Å². The minimum Gasteiger partial charge on any atom is -0.429 e. The van der Waals surface area contributed by atoms with E-state index in [-0.39, 0.29) is 6.04 Å². The number of rotatable bonds is 3. The molecule has 2 aromatic carbocycles. The molecular formula is C17H17ClNO2P. The molecule has 0 bridgehead atoms. The first-order valence-corrected chi connectivity index (χ1v) is 9.19. The minimum atomic E-state index is -3.09. The van der Waals surface area contributed by atoms with Crippen molar-refractivity contribution in [1.82, 2.24) is 5.09 Å². The molecule has 0 aliphatic carbocycles. The van der Waals surface area contributed by atoms with E-state index in [0.717, 1.165) is 16.7 Å². The Bertz CT molecular complexity index is 771. The average Bonchev–Trinajstić information content (AvgIpc) is 2.47. The Morgan fingerprint density at radius 3 is 2.55 bits per heavy atom. The van der Waals surface area contributed by atoms with Gasteiger partial charge in [0.2, 0.25) is 0 Å². The van der Waals surface area contributed by atoms with Gasteiger partial charge >= 0.3 is 7.52 Å². The zero-order valence-electron chi connectivity index (χ0n) is 12.4. The first-order chi connectivity index (χ1) is 10.5. The van der Waals surface area contributed by atoms with Crippen LogP contribution in [-0.4, -0.2) is 6.04 Å². The predicted molar refractivity (Wildman–Crippen MR) is 91.5 cm³/mol. The van der Waals surface area contributed by atoms with E-state index in [2.05, 4.69) is 5.09 Å². The van der Waals surface area contributed by atoms with Crippen molar-refractivity contribution in [1.29, 1.82) is 0 Å². The number of fused-ring (bicyclic) bond motifs is 1. The van der Waals surface area contributed by atoms with E-state index in [1.807, 2.05) is 50.2 Å². The van der Waals surface area contributed by atoms with Crippen LogP contribution in [0.5, 0.6) is 5.75 Å². The monoisotopic (exact) mass is 333 g/mol. The van der Waals surface area contributed by atoms with Crippen LogP contribution in [0, 0.1) is 0 Å². The van der Waals surface area contributed by atoms with Gasteiger partial charge in [0.25, 0.3) is 0 Å². The van der Waals surface area contributed by atoms with Gasteiger partial charge in [-0.1, -0.05) is 41.9 Å². The highest BCUT2D eigenvalue weighted by atomic mass is 35.5. The zero-order chi connectivity index (χ0) is 15.7. The third-order valence-corrected chi connectivity index (χ3v) is 5.47. The molecule has 3 nitrogen and oxygen atoms in total. The van der Waals surface area contributed by atoms with Crippen LogP contribution in [0.1, 0.15) is 25.0 Å². The van der Waals surface area contributed by atoms with Gasteiger partial charge in [-0.3, -0.25) is 4.57 Å². The van der Waals surface area contributed by atoms with Crippen molar-refractivity contribution >= 4 is 24.7 Å². The third-order valence-electron chi connectivity index (χ3n) is 3.29. The number of nitrogens with one attached hydrogen (secondary N) is 1. The summed E-state index contributed by atoms with van der Waals surface area (Å²) in [5.74, 6) is 2.28. The fourth-order valence-electron chi connectivity index (χ4n) is 2.48. The second kappa shape index (κ2) is 5.92. The molecule has 1 atom stereocenters. The molecule has 1 heterocycles. The van der Waals surface area contributed by atoms with E-state index < -0.39 is 7.52 Å². The van der Waals surface area contributed by atoms with Gasteiger partial charge in [-0.15, -0.1) is 0 Å². The van der Waals surface area contributed by atoms with Crippen LogP contribution in [0.25, 0.3) is 5.57 Å². The predicted octanol–water partition coefficient (Wildman–Crippen LogP) is 5.31. The van der Waals surface area contributed by atoms with Crippen LogP contribution in [0.4, 0.5) is 0 Å². The van der Waals surface area contributed by atoms with Gasteiger partial charge in [0.15, 0.2) is 0 Å². The van der Waals surface area contributed by atoms with Crippen molar-refractivity contribution in [2.24, 2.45) is 0 Å². The number of halogens is 1. The van der Waals surface area contributed by atoms with Crippen LogP contribution in [0.15, 0.2) is 54.3 Å². The fourth-order valence-corrected chi connectivity index (χ4v) is 4.63. The Morgan fingerprint density at radius 1 is 1.14 bits per heavy atom. The molecule has 114 valence electrons. The van der Waals surface area contributed by atoms with E-state index >= 15 is 0 Å². The van der Waals surface area contributed by atoms with Crippen molar-refractivity contribution in [3.63, 3.8) is 0 Å². The molecule has 1 N–H and O–H groups in total. The average molecular weight is 334 g/mol. The molecule has 3 rings (SSSR count). The zero-order valence-corrected chi connectivity index (χ0v) is 14.1. The number of hydrogen-bond donors (Lipinski definition) is 1. The van der Waals surface area contributed by atoms with Gasteiger partial charge in [0, 0.05) is 28.0 Å². The van der Waals surface area contributed by atoms with Gasteiger partial charge < -0.3 is 4.52 Å². The lowest BCUT2D eigenvalue weighted by Gasteiger charge is -2.27. The molecule has 2 aromatic rings. The van der Waals surface area contributed by atoms with Crippen molar-refractivity contribution < 1.29 is 9.09 Å². The van der Waals surface area contributed by atoms with Crippen molar-refractivity contribution in [2.45, 2.75) is 19.9 Å². The van der Waals surface area contributed by atoms with Crippen molar-refractivity contribution in [3.05, 3.63) is 70.5 Å². The molecule has 1 unspecified atom stereocenters. The molecule has 0 radical (unpaired) electrons. The summed E-state index contributed by atoms with van der Waals surface area (Å²) < 4.78 is 18.8. The minimum absolute atomic E-state index is 0.0490. The standard InChI is InChI=1S/C17H17ClNO2P/c1-12(2)19-22(20)11-16(13-6-4-3-5-7-13)15-10-14(18)8-9-17(15)21-22/h3-12H,1-2H3,(H,19,20). The summed E-state index contributed by atoms with van der Waals surface area (Å²) in [7, 11) is -3.09. The normalized spacial score (nSPS) is 20.3. The molecule has 5 heteroatoms. The maximum atomic E-state index is 13.0. The second-order valence-electron chi connectivity index (χ2n) is 5.52. The van der Waals surface area contributed by atoms with Crippen LogP contribution < -0.4 is 9.61 Å². The fraction of sp³-hybridized carbons (Fsp3) is 0.176. The van der Waals surface area contributed by atoms with Gasteiger partial charge in [-0.2, -0.15) is 0 Å². The Balaban J connectivity index is 2.17. The lowest BCUT2D eigenvalue weighted by atomic mass is 9.99. The van der Waals surface area contributed by atoms with E-state index in [1.54, 1.807) is 17.9 Å². The van der Waals surface area contributed by atoms with Crippen LogP contribution in [0.3, 0.4) is 0 Å². The second-order valence-corrected chi connectivity index (χ2v) is 7.85. The Labute approximate surface area is 135 Å². The summed E-state index contributed by atoms with van der Waals surface area (Å²) >= 11 is 6.12. The van der Waals surface area contributed by atoms with Crippen LogP contribution >= 0.6 is 19.1 Å². The third kappa shape index (κ3) is 3.12. The summed E-state index contributed by atoms with van der Waals surface area (Å²) in [4.78, 5) is 0. The van der Waals surface area contributed by atoms with Crippen molar-refractivity contribution in [3.8, 4) is 5.75 Å². The molecule has 0 aromatic heterocycles. The Hall–Kier alpha value is -1.54. The topological polar surface area (TPSA) is 38.3 Å². The Morgan fingerprint density at radius 2 is 1.86 bits per heavy atom. The summed E-state index contributed by atoms with van der Waals surface area (Å²) in [6, 6.07) is 15.2. The summed E-state index contributed by atoms with van der Waals surface area (Å²) in [5, 5.41) is 3.66. The van der Waals surface area contributed by atoms with Crippen LogP contribution in [0.2, 0.25) is 5.02 Å². The molecule has 0 amide bonds. The van der Waals surface area contributed by atoms with Crippen molar-refractivity contribution in [2.75, 3.05) is 0 Å². The lowest BCUT2D eigenvalue weighted by Crippen LogP contribution is -2.22. The highest BCUT2D eigenvalue weighted by Gasteiger charge is 2.31. The van der Waals surface area contributed by atoms with Gasteiger partial charge in [-0.05, 0) is 37.6 Å².